The van der Waals surface area contributed by atoms with Crippen LogP contribution < -0.4 is 11.3 Å². The summed E-state index contributed by atoms with van der Waals surface area (Å²) in [5.74, 6) is 5.62. The summed E-state index contributed by atoms with van der Waals surface area (Å²) < 4.78 is 2.88. The zero-order chi connectivity index (χ0) is 13.1. The third-order valence-corrected chi connectivity index (χ3v) is 3.90. The van der Waals surface area contributed by atoms with E-state index in [2.05, 4.69) is 36.7 Å². The van der Waals surface area contributed by atoms with Gasteiger partial charge in [0.05, 0.1) is 28.1 Å². The Bertz CT molecular complexity index is 524. The van der Waals surface area contributed by atoms with E-state index in [1.807, 2.05) is 24.7 Å². The summed E-state index contributed by atoms with van der Waals surface area (Å²) in [5.41, 5.74) is 5.86. The number of halogens is 1. The Morgan fingerprint density at radius 2 is 2.28 bits per heavy atom. The zero-order valence-electron chi connectivity index (χ0n) is 10.3. The zero-order valence-corrected chi connectivity index (χ0v) is 11.8. The maximum Gasteiger partial charge on any atom is 0.0738 e. The van der Waals surface area contributed by atoms with Crippen molar-refractivity contribution in [3.05, 3.63) is 39.9 Å². The fraction of sp³-hybridized carbons (Fsp3) is 0.364. The van der Waals surface area contributed by atoms with Gasteiger partial charge in [-0.3, -0.25) is 16.0 Å². The summed E-state index contributed by atoms with van der Waals surface area (Å²) in [7, 11) is 1.92. The topological polar surface area (TPSA) is 81.7 Å². The Morgan fingerprint density at radius 1 is 1.50 bits per heavy atom. The van der Waals surface area contributed by atoms with E-state index in [-0.39, 0.29) is 6.04 Å². The number of nitrogens with one attached hydrogen (secondary N) is 1. The van der Waals surface area contributed by atoms with E-state index in [1.165, 1.54) is 0 Å². The number of nitrogens with zero attached hydrogens (tertiary/aromatic N) is 4. The fourth-order valence-corrected chi connectivity index (χ4v) is 2.37. The molecule has 3 N–H and O–H groups in total. The largest absolute Gasteiger partial charge is 0.271 e. The smallest absolute Gasteiger partial charge is 0.0738 e. The molecule has 0 aromatic carbocycles. The SMILES string of the molecule is Cc1nn(C)c(CC(NN)c2ccnnc2)c1Br. The second-order valence-electron chi connectivity index (χ2n) is 4.07. The van der Waals surface area contributed by atoms with Crippen LogP contribution in [0.2, 0.25) is 0 Å². The molecular weight excluding hydrogens is 296 g/mol. The summed E-state index contributed by atoms with van der Waals surface area (Å²) in [6.07, 6.45) is 4.09. The minimum atomic E-state index is -0.0217. The Balaban J connectivity index is 2.26. The average Bonchev–Trinajstić information content (AvgIpc) is 2.62. The summed E-state index contributed by atoms with van der Waals surface area (Å²) in [6.45, 7) is 1.96. The van der Waals surface area contributed by atoms with Gasteiger partial charge in [0, 0.05) is 19.7 Å². The van der Waals surface area contributed by atoms with Gasteiger partial charge in [-0.2, -0.15) is 15.3 Å². The van der Waals surface area contributed by atoms with Crippen molar-refractivity contribution in [2.24, 2.45) is 12.9 Å². The predicted molar refractivity (Wildman–Crippen MR) is 71.4 cm³/mol. The molecular formula is C11H15BrN6. The molecule has 0 aliphatic heterocycles. The van der Waals surface area contributed by atoms with Crippen molar-refractivity contribution < 1.29 is 0 Å². The summed E-state index contributed by atoms with van der Waals surface area (Å²) in [5, 5.41) is 12.0. The van der Waals surface area contributed by atoms with Gasteiger partial charge in [0.25, 0.3) is 0 Å². The standard InChI is InChI=1S/C11H15BrN6/c1-7-11(12)10(18(2)17-7)5-9(16-13)8-3-4-14-15-6-8/h3-4,6,9,16H,5,13H2,1-2H3. The highest BCUT2D eigenvalue weighted by atomic mass is 79.9. The number of aromatic nitrogens is 4. The minimum Gasteiger partial charge on any atom is -0.271 e. The molecule has 96 valence electrons. The highest BCUT2D eigenvalue weighted by molar-refractivity contribution is 9.10. The number of hydrogen-bond donors (Lipinski definition) is 2. The quantitative estimate of drug-likeness (QED) is 0.651. The van der Waals surface area contributed by atoms with E-state index in [9.17, 15) is 0 Å². The van der Waals surface area contributed by atoms with Crippen LogP contribution in [-0.2, 0) is 13.5 Å². The first-order valence-electron chi connectivity index (χ1n) is 5.54. The second kappa shape index (κ2) is 5.55. The van der Waals surface area contributed by atoms with Gasteiger partial charge in [-0.15, -0.1) is 0 Å². The van der Waals surface area contributed by atoms with E-state index in [0.717, 1.165) is 27.8 Å². The Labute approximate surface area is 114 Å². The van der Waals surface area contributed by atoms with Crippen molar-refractivity contribution in [1.29, 1.82) is 0 Å². The predicted octanol–water partition coefficient (Wildman–Crippen LogP) is 1.03. The summed E-state index contributed by atoms with van der Waals surface area (Å²) in [6, 6.07) is 1.88. The molecule has 0 aliphatic rings. The fourth-order valence-electron chi connectivity index (χ4n) is 1.88. The van der Waals surface area contributed by atoms with Crippen molar-refractivity contribution >= 4 is 15.9 Å². The first-order chi connectivity index (χ1) is 8.63. The third-order valence-electron chi connectivity index (χ3n) is 2.87. The Morgan fingerprint density at radius 3 is 2.78 bits per heavy atom. The Hall–Kier alpha value is -1.31. The lowest BCUT2D eigenvalue weighted by Crippen LogP contribution is -2.30. The van der Waals surface area contributed by atoms with Gasteiger partial charge in [0.1, 0.15) is 0 Å². The highest BCUT2D eigenvalue weighted by Gasteiger charge is 2.17. The number of hydrazine groups is 1. The average molecular weight is 311 g/mol. The minimum absolute atomic E-state index is 0.0217. The molecule has 18 heavy (non-hydrogen) atoms. The second-order valence-corrected chi connectivity index (χ2v) is 4.86. The van der Waals surface area contributed by atoms with Crippen molar-refractivity contribution in [2.45, 2.75) is 19.4 Å². The molecule has 7 heteroatoms. The first kappa shape index (κ1) is 13.1. The van der Waals surface area contributed by atoms with Crippen molar-refractivity contribution in [1.82, 2.24) is 25.4 Å². The van der Waals surface area contributed by atoms with E-state index in [4.69, 9.17) is 5.84 Å². The van der Waals surface area contributed by atoms with Gasteiger partial charge < -0.3 is 0 Å². The number of hydrogen-bond acceptors (Lipinski definition) is 5. The van der Waals surface area contributed by atoms with Crippen LogP contribution in [-0.4, -0.2) is 20.0 Å². The van der Waals surface area contributed by atoms with Crippen LogP contribution in [0.3, 0.4) is 0 Å². The van der Waals surface area contributed by atoms with Gasteiger partial charge in [-0.1, -0.05) is 0 Å². The number of nitrogens with two attached hydrogens (primary N) is 1. The van der Waals surface area contributed by atoms with Crippen LogP contribution in [0, 0.1) is 6.92 Å². The Kier molecular flexibility index (Phi) is 4.05. The molecule has 2 rings (SSSR count). The molecule has 0 amide bonds. The van der Waals surface area contributed by atoms with Gasteiger partial charge >= 0.3 is 0 Å². The van der Waals surface area contributed by atoms with Crippen LogP contribution in [0.4, 0.5) is 0 Å². The number of aryl methyl sites for hydroxylation is 2. The monoisotopic (exact) mass is 310 g/mol. The molecule has 0 fully saturated rings. The highest BCUT2D eigenvalue weighted by Crippen LogP contribution is 2.25. The van der Waals surface area contributed by atoms with E-state index < -0.39 is 0 Å². The maximum atomic E-state index is 5.62. The van der Waals surface area contributed by atoms with E-state index in [0.29, 0.717) is 0 Å². The molecule has 1 unspecified atom stereocenters. The van der Waals surface area contributed by atoms with Crippen LogP contribution in [0.1, 0.15) is 23.0 Å². The van der Waals surface area contributed by atoms with E-state index in [1.54, 1.807) is 12.4 Å². The van der Waals surface area contributed by atoms with Crippen molar-refractivity contribution in [3.8, 4) is 0 Å². The lowest BCUT2D eigenvalue weighted by Gasteiger charge is -2.16. The lowest BCUT2D eigenvalue weighted by molar-refractivity contribution is 0.526. The molecule has 1 atom stereocenters. The van der Waals surface area contributed by atoms with Gasteiger partial charge in [-0.25, -0.2) is 0 Å². The van der Waals surface area contributed by atoms with Crippen LogP contribution in [0.25, 0.3) is 0 Å². The molecule has 2 aromatic rings. The van der Waals surface area contributed by atoms with Gasteiger partial charge in [-0.05, 0) is 34.5 Å². The third kappa shape index (κ3) is 2.58. The molecule has 0 bridgehead atoms. The molecule has 0 radical (unpaired) electrons. The maximum absolute atomic E-state index is 5.62. The van der Waals surface area contributed by atoms with Crippen LogP contribution in [0.15, 0.2) is 22.9 Å². The van der Waals surface area contributed by atoms with Crippen LogP contribution in [0.5, 0.6) is 0 Å². The number of rotatable bonds is 4. The normalized spacial score (nSPS) is 12.7. The first-order valence-corrected chi connectivity index (χ1v) is 6.33. The van der Waals surface area contributed by atoms with Crippen molar-refractivity contribution in [3.63, 3.8) is 0 Å². The van der Waals surface area contributed by atoms with Crippen LogP contribution >= 0.6 is 15.9 Å². The lowest BCUT2D eigenvalue weighted by atomic mass is 10.1. The molecule has 0 saturated carbocycles. The molecule has 0 aliphatic carbocycles. The summed E-state index contributed by atoms with van der Waals surface area (Å²) in [4.78, 5) is 0. The molecule has 6 nitrogen and oxygen atoms in total. The molecule has 2 aromatic heterocycles. The van der Waals surface area contributed by atoms with Crippen molar-refractivity contribution in [2.75, 3.05) is 0 Å². The summed E-state index contributed by atoms with van der Waals surface area (Å²) >= 11 is 3.55. The van der Waals surface area contributed by atoms with E-state index >= 15 is 0 Å². The molecule has 2 heterocycles. The molecule has 0 spiro atoms. The van der Waals surface area contributed by atoms with Gasteiger partial charge in [0.2, 0.25) is 0 Å². The molecule has 0 saturated heterocycles. The van der Waals surface area contributed by atoms with Gasteiger partial charge in [0.15, 0.2) is 0 Å².